The summed E-state index contributed by atoms with van der Waals surface area (Å²) in [4.78, 5) is 14.3. The fourth-order valence-corrected chi connectivity index (χ4v) is 6.98. The molecule has 6 rings (SSSR count). The van der Waals surface area contributed by atoms with E-state index in [1.54, 1.807) is 0 Å². The van der Waals surface area contributed by atoms with Crippen LogP contribution in [-0.2, 0) is 5.41 Å². The van der Waals surface area contributed by atoms with Crippen LogP contribution in [-0.4, -0.2) is 5.78 Å². The van der Waals surface area contributed by atoms with Gasteiger partial charge in [-0.1, -0.05) is 84.9 Å². The van der Waals surface area contributed by atoms with Crippen molar-refractivity contribution in [3.8, 4) is 0 Å². The summed E-state index contributed by atoms with van der Waals surface area (Å²) in [6.45, 7) is 0. The first-order valence-electron chi connectivity index (χ1n) is 11.0. The van der Waals surface area contributed by atoms with Gasteiger partial charge in [0.2, 0.25) is 0 Å². The van der Waals surface area contributed by atoms with Gasteiger partial charge in [0, 0.05) is 11.5 Å². The van der Waals surface area contributed by atoms with Crippen molar-refractivity contribution in [1.82, 2.24) is 0 Å². The summed E-state index contributed by atoms with van der Waals surface area (Å²) in [5.41, 5.74) is 4.45. The van der Waals surface area contributed by atoms with Crippen LogP contribution in [0.5, 0.6) is 0 Å². The number of fused-ring (bicyclic) bond motifs is 7. The van der Waals surface area contributed by atoms with Gasteiger partial charge in [0.25, 0.3) is 0 Å². The van der Waals surface area contributed by atoms with Crippen molar-refractivity contribution in [1.29, 1.82) is 0 Å². The van der Waals surface area contributed by atoms with Crippen molar-refractivity contribution in [2.24, 2.45) is 17.8 Å². The predicted octanol–water partition coefficient (Wildman–Crippen LogP) is 6.39. The van der Waals surface area contributed by atoms with Crippen molar-refractivity contribution >= 4 is 5.78 Å². The van der Waals surface area contributed by atoms with Crippen LogP contribution < -0.4 is 0 Å². The molecule has 144 valence electrons. The molecule has 0 radical (unpaired) electrons. The van der Waals surface area contributed by atoms with Crippen LogP contribution in [0.3, 0.4) is 0 Å². The third-order valence-electron chi connectivity index (χ3n) is 8.15. The first-order valence-corrected chi connectivity index (χ1v) is 11.0. The van der Waals surface area contributed by atoms with Gasteiger partial charge in [-0.2, -0.15) is 0 Å². The topological polar surface area (TPSA) is 17.1 Å². The third-order valence-corrected chi connectivity index (χ3v) is 8.15. The standard InChI is InChI=1S/C28H26O/c29-27-24-14-8-7-13-23(24)26(19-9-3-1-4-10-19)25-18-28(27,21-11-5-2-6-12-21)22-16-15-20(25)17-22/h1-14,20,22,25-26H,15-18H2/t20-,22+,25+,26?,28-/m1/s1. The van der Waals surface area contributed by atoms with Crippen LogP contribution in [0.4, 0.5) is 0 Å². The van der Waals surface area contributed by atoms with E-state index in [4.69, 9.17) is 0 Å². The number of benzene rings is 3. The summed E-state index contributed by atoms with van der Waals surface area (Å²) >= 11 is 0. The minimum absolute atomic E-state index is 0.311. The first-order chi connectivity index (χ1) is 14.3. The maximum atomic E-state index is 14.3. The van der Waals surface area contributed by atoms with Gasteiger partial charge in [-0.3, -0.25) is 4.79 Å². The number of ketones is 1. The Kier molecular flexibility index (Phi) is 3.81. The van der Waals surface area contributed by atoms with E-state index in [0.717, 1.165) is 17.9 Å². The number of carbonyl (C=O) groups is 1. The van der Waals surface area contributed by atoms with Crippen molar-refractivity contribution in [2.45, 2.75) is 37.0 Å². The zero-order valence-electron chi connectivity index (χ0n) is 16.6. The molecule has 1 heteroatoms. The van der Waals surface area contributed by atoms with E-state index in [0.29, 0.717) is 23.5 Å². The number of rotatable bonds is 2. The van der Waals surface area contributed by atoms with Gasteiger partial charge in [0.15, 0.2) is 5.78 Å². The Hall–Kier alpha value is -2.67. The SMILES string of the molecule is O=C1c2ccccc2C(c2ccccc2)[C@H]2C[C@@]1(c1ccccc1)[C@H]1CC[C@@H]2C1. The molecule has 4 bridgehead atoms. The van der Waals surface area contributed by atoms with Crippen molar-refractivity contribution in [2.75, 3.05) is 0 Å². The van der Waals surface area contributed by atoms with E-state index in [-0.39, 0.29) is 5.41 Å². The summed E-state index contributed by atoms with van der Waals surface area (Å²) in [5.74, 6) is 2.39. The first kappa shape index (κ1) is 17.2. The highest BCUT2D eigenvalue weighted by atomic mass is 16.1. The Morgan fingerprint density at radius 3 is 2.24 bits per heavy atom. The zero-order valence-corrected chi connectivity index (χ0v) is 16.6. The normalized spacial score (nSPS) is 32.5. The van der Waals surface area contributed by atoms with Gasteiger partial charge in [-0.15, -0.1) is 0 Å². The molecule has 0 amide bonds. The van der Waals surface area contributed by atoms with Crippen LogP contribution in [0.15, 0.2) is 84.9 Å². The van der Waals surface area contributed by atoms with Gasteiger partial charge in [-0.25, -0.2) is 0 Å². The molecular weight excluding hydrogens is 352 g/mol. The smallest absolute Gasteiger partial charge is 0.173 e. The maximum Gasteiger partial charge on any atom is 0.173 e. The third kappa shape index (κ3) is 2.37. The minimum Gasteiger partial charge on any atom is -0.293 e. The monoisotopic (exact) mass is 378 g/mol. The van der Waals surface area contributed by atoms with E-state index in [2.05, 4.69) is 78.9 Å². The molecule has 0 aliphatic heterocycles. The summed E-state index contributed by atoms with van der Waals surface area (Å²) < 4.78 is 0. The maximum absolute atomic E-state index is 14.3. The van der Waals surface area contributed by atoms with E-state index in [9.17, 15) is 4.79 Å². The van der Waals surface area contributed by atoms with E-state index in [1.165, 1.54) is 36.0 Å². The molecule has 3 aliphatic carbocycles. The Labute approximate surface area is 172 Å². The lowest BCUT2D eigenvalue weighted by Crippen LogP contribution is -2.46. The fourth-order valence-electron chi connectivity index (χ4n) is 6.98. The molecule has 0 saturated heterocycles. The highest BCUT2D eigenvalue weighted by Gasteiger charge is 2.59. The van der Waals surface area contributed by atoms with Gasteiger partial charge in [0.05, 0.1) is 5.41 Å². The molecule has 3 aromatic carbocycles. The average molecular weight is 379 g/mol. The van der Waals surface area contributed by atoms with Crippen LogP contribution in [0.25, 0.3) is 0 Å². The van der Waals surface area contributed by atoms with Crippen LogP contribution in [0.1, 0.15) is 58.6 Å². The lowest BCUT2D eigenvalue weighted by atomic mass is 9.57. The van der Waals surface area contributed by atoms with Gasteiger partial charge < -0.3 is 0 Å². The lowest BCUT2D eigenvalue weighted by Gasteiger charge is -2.45. The molecule has 0 N–H and O–H groups in total. The largest absolute Gasteiger partial charge is 0.293 e. The Bertz CT molecular complexity index is 1050. The molecule has 0 spiro atoms. The number of hydrogen-bond acceptors (Lipinski definition) is 1. The molecular formula is C28H26O. The van der Waals surface area contributed by atoms with Crippen molar-refractivity contribution in [3.05, 3.63) is 107 Å². The zero-order chi connectivity index (χ0) is 19.4. The molecule has 1 nitrogen and oxygen atoms in total. The Morgan fingerprint density at radius 2 is 1.45 bits per heavy atom. The van der Waals surface area contributed by atoms with Gasteiger partial charge >= 0.3 is 0 Å². The van der Waals surface area contributed by atoms with Gasteiger partial charge in [0.1, 0.15) is 0 Å². The average Bonchev–Trinajstić information content (AvgIpc) is 3.19. The van der Waals surface area contributed by atoms with E-state index < -0.39 is 0 Å². The molecule has 29 heavy (non-hydrogen) atoms. The quantitative estimate of drug-likeness (QED) is 0.505. The Morgan fingerprint density at radius 1 is 0.759 bits per heavy atom. The lowest BCUT2D eigenvalue weighted by molar-refractivity contribution is 0.0688. The Balaban J connectivity index is 1.64. The molecule has 3 aromatic rings. The van der Waals surface area contributed by atoms with E-state index in [1.807, 2.05) is 6.07 Å². The summed E-state index contributed by atoms with van der Waals surface area (Å²) in [7, 11) is 0. The molecule has 0 heterocycles. The second-order valence-electron chi connectivity index (χ2n) is 9.28. The van der Waals surface area contributed by atoms with Crippen LogP contribution >= 0.6 is 0 Å². The highest BCUT2D eigenvalue weighted by molar-refractivity contribution is 6.06. The molecule has 2 saturated carbocycles. The molecule has 0 aromatic heterocycles. The number of Topliss-reactive ketones (excluding diaryl/α,β-unsaturated/α-hetero) is 1. The minimum atomic E-state index is -0.363. The number of hydrogen-bond donors (Lipinski definition) is 0. The molecule has 2 fully saturated rings. The van der Waals surface area contributed by atoms with Crippen LogP contribution in [0, 0.1) is 17.8 Å². The van der Waals surface area contributed by atoms with E-state index >= 15 is 0 Å². The fraction of sp³-hybridized carbons (Fsp3) is 0.321. The molecule has 5 atom stereocenters. The number of carbonyl (C=O) groups excluding carboxylic acids is 1. The predicted molar refractivity (Wildman–Crippen MR) is 116 cm³/mol. The summed E-state index contributed by atoms with van der Waals surface area (Å²) in [6.07, 6.45) is 4.64. The second kappa shape index (κ2) is 6.42. The summed E-state index contributed by atoms with van der Waals surface area (Å²) in [5, 5.41) is 0. The van der Waals surface area contributed by atoms with Crippen LogP contribution in [0.2, 0.25) is 0 Å². The summed E-state index contributed by atoms with van der Waals surface area (Å²) in [6, 6.07) is 30.1. The molecule has 3 aliphatic rings. The van der Waals surface area contributed by atoms with Gasteiger partial charge in [-0.05, 0) is 60.1 Å². The van der Waals surface area contributed by atoms with Crippen molar-refractivity contribution < 1.29 is 4.79 Å². The second-order valence-corrected chi connectivity index (χ2v) is 9.28. The molecule has 1 unspecified atom stereocenters. The highest BCUT2D eigenvalue weighted by Crippen LogP contribution is 2.62. The van der Waals surface area contributed by atoms with Crippen molar-refractivity contribution in [3.63, 3.8) is 0 Å².